The van der Waals surface area contributed by atoms with Gasteiger partial charge in [-0.2, -0.15) is 0 Å². The predicted molar refractivity (Wildman–Crippen MR) is 98.5 cm³/mol. The second-order valence-corrected chi connectivity index (χ2v) is 6.12. The highest BCUT2D eigenvalue weighted by Crippen LogP contribution is 2.30. The minimum absolute atomic E-state index is 0.874. The van der Waals surface area contributed by atoms with Crippen molar-refractivity contribution in [2.24, 2.45) is 0 Å². The summed E-state index contributed by atoms with van der Waals surface area (Å²) in [6.07, 6.45) is 4.31. The maximum absolute atomic E-state index is 5.53. The number of aromatic nitrogens is 1. The van der Waals surface area contributed by atoms with Gasteiger partial charge in [-0.15, -0.1) is 0 Å². The van der Waals surface area contributed by atoms with E-state index in [1.807, 2.05) is 14.1 Å². The van der Waals surface area contributed by atoms with Crippen molar-refractivity contribution in [3.63, 3.8) is 0 Å². The molecule has 0 aliphatic rings. The number of rotatable bonds is 4. The van der Waals surface area contributed by atoms with Crippen LogP contribution in [-0.4, -0.2) is 39.9 Å². The highest BCUT2D eigenvalue weighted by Gasteiger charge is 2.08. The van der Waals surface area contributed by atoms with Gasteiger partial charge in [0.25, 0.3) is 0 Å². The minimum atomic E-state index is 0.874. The van der Waals surface area contributed by atoms with Gasteiger partial charge in [-0.05, 0) is 29.7 Å². The van der Waals surface area contributed by atoms with Gasteiger partial charge in [-0.25, -0.2) is 0 Å². The lowest BCUT2D eigenvalue weighted by atomic mass is 10.2. The van der Waals surface area contributed by atoms with E-state index in [2.05, 4.69) is 77.3 Å². The summed E-state index contributed by atoms with van der Waals surface area (Å²) in [6.45, 7) is 0. The van der Waals surface area contributed by atoms with Gasteiger partial charge in [-0.1, -0.05) is 6.07 Å². The van der Waals surface area contributed by atoms with Gasteiger partial charge in [0.2, 0.25) is 0 Å². The van der Waals surface area contributed by atoms with Crippen LogP contribution in [0.2, 0.25) is 0 Å². The molecule has 23 heavy (non-hydrogen) atoms. The van der Waals surface area contributed by atoms with E-state index in [-0.39, 0.29) is 0 Å². The largest absolute Gasteiger partial charge is 0.495 e. The molecule has 3 aromatic rings. The van der Waals surface area contributed by atoms with Crippen molar-refractivity contribution in [1.82, 2.24) is 4.57 Å². The van der Waals surface area contributed by atoms with Crippen molar-refractivity contribution in [1.29, 1.82) is 0 Å². The predicted octanol–water partition coefficient (Wildman–Crippen LogP) is 3.77. The zero-order valence-electron chi connectivity index (χ0n) is 14.4. The van der Waals surface area contributed by atoms with Crippen LogP contribution in [0.5, 0.6) is 5.75 Å². The summed E-state index contributed by atoms with van der Waals surface area (Å²) in [5, 5.41) is 2.46. The molecule has 3 rings (SSSR count). The molecule has 0 N–H and O–H groups in total. The molecule has 0 saturated heterocycles. The van der Waals surface area contributed by atoms with E-state index < -0.39 is 0 Å². The van der Waals surface area contributed by atoms with Crippen molar-refractivity contribution in [2.75, 3.05) is 45.1 Å². The molecule has 0 atom stereocenters. The van der Waals surface area contributed by atoms with Crippen LogP contribution >= 0.6 is 0 Å². The molecule has 4 heteroatoms. The van der Waals surface area contributed by atoms with Crippen LogP contribution < -0.4 is 14.5 Å². The van der Waals surface area contributed by atoms with Gasteiger partial charge in [0.1, 0.15) is 5.75 Å². The molecule has 0 radical (unpaired) electrons. The van der Waals surface area contributed by atoms with Crippen molar-refractivity contribution >= 4 is 22.1 Å². The van der Waals surface area contributed by atoms with Gasteiger partial charge in [-0.3, -0.25) is 0 Å². The lowest BCUT2D eigenvalue weighted by Crippen LogP contribution is -2.10. The number of methoxy groups -OCH3 is 1. The maximum Gasteiger partial charge on any atom is 0.144 e. The van der Waals surface area contributed by atoms with Crippen LogP contribution in [0.4, 0.5) is 11.4 Å². The SMILES string of the molecule is COc1cc(-n2cc3ccc(N(C)C)cc3c2)ccc1N(C)C. The van der Waals surface area contributed by atoms with Crippen molar-refractivity contribution < 1.29 is 4.74 Å². The fourth-order valence-electron chi connectivity index (χ4n) is 2.75. The summed E-state index contributed by atoms with van der Waals surface area (Å²) in [6, 6.07) is 12.8. The maximum atomic E-state index is 5.53. The molecule has 4 nitrogen and oxygen atoms in total. The van der Waals surface area contributed by atoms with E-state index >= 15 is 0 Å². The summed E-state index contributed by atoms with van der Waals surface area (Å²) < 4.78 is 7.68. The molecular formula is C19H23N3O. The molecule has 1 heterocycles. The third kappa shape index (κ3) is 2.84. The summed E-state index contributed by atoms with van der Waals surface area (Å²) >= 11 is 0. The lowest BCUT2D eigenvalue weighted by Gasteiger charge is -2.17. The average Bonchev–Trinajstić information content (AvgIpc) is 2.97. The molecule has 0 bridgehead atoms. The van der Waals surface area contributed by atoms with Crippen LogP contribution in [-0.2, 0) is 0 Å². The van der Waals surface area contributed by atoms with Gasteiger partial charge in [0.05, 0.1) is 12.8 Å². The zero-order chi connectivity index (χ0) is 16.6. The van der Waals surface area contributed by atoms with Crippen LogP contribution in [0.15, 0.2) is 48.8 Å². The number of benzene rings is 2. The first-order valence-electron chi connectivity index (χ1n) is 7.64. The van der Waals surface area contributed by atoms with E-state index in [9.17, 15) is 0 Å². The third-order valence-electron chi connectivity index (χ3n) is 4.09. The molecule has 0 unspecified atom stereocenters. The number of ether oxygens (including phenoxy) is 1. The van der Waals surface area contributed by atoms with E-state index in [4.69, 9.17) is 4.74 Å². The molecule has 0 amide bonds. The summed E-state index contributed by atoms with van der Waals surface area (Å²) in [4.78, 5) is 4.17. The summed E-state index contributed by atoms with van der Waals surface area (Å²) in [5.74, 6) is 0.874. The van der Waals surface area contributed by atoms with Crippen molar-refractivity contribution in [3.8, 4) is 11.4 Å². The smallest absolute Gasteiger partial charge is 0.144 e. The quantitative estimate of drug-likeness (QED) is 0.732. The van der Waals surface area contributed by atoms with Crippen LogP contribution in [0.25, 0.3) is 16.5 Å². The van der Waals surface area contributed by atoms with Crippen LogP contribution in [0.1, 0.15) is 0 Å². The van der Waals surface area contributed by atoms with Gasteiger partial charge >= 0.3 is 0 Å². The highest BCUT2D eigenvalue weighted by molar-refractivity contribution is 5.86. The third-order valence-corrected chi connectivity index (χ3v) is 4.09. The Balaban J connectivity index is 2.06. The Bertz CT molecular complexity index is 834. The molecule has 2 aromatic carbocycles. The van der Waals surface area contributed by atoms with Crippen LogP contribution in [0.3, 0.4) is 0 Å². The van der Waals surface area contributed by atoms with E-state index in [0.717, 1.165) is 17.1 Å². The Morgan fingerprint density at radius 2 is 1.57 bits per heavy atom. The number of nitrogens with zero attached hydrogens (tertiary/aromatic N) is 3. The number of fused-ring (bicyclic) bond motifs is 1. The monoisotopic (exact) mass is 309 g/mol. The van der Waals surface area contributed by atoms with Gasteiger partial charge in [0, 0.05) is 63.4 Å². The highest BCUT2D eigenvalue weighted by atomic mass is 16.5. The Kier molecular flexibility index (Phi) is 3.90. The molecular weight excluding hydrogens is 286 g/mol. The minimum Gasteiger partial charge on any atom is -0.495 e. The Morgan fingerprint density at radius 1 is 0.826 bits per heavy atom. The molecule has 0 aliphatic heterocycles. The van der Waals surface area contributed by atoms with Gasteiger partial charge in [0.15, 0.2) is 0 Å². The first kappa shape index (κ1) is 15.3. The first-order valence-corrected chi connectivity index (χ1v) is 7.64. The summed E-state index contributed by atoms with van der Waals surface area (Å²) in [5.41, 5.74) is 3.37. The Morgan fingerprint density at radius 3 is 2.22 bits per heavy atom. The number of hydrogen-bond donors (Lipinski definition) is 0. The molecule has 0 saturated carbocycles. The Hall–Kier alpha value is -2.62. The topological polar surface area (TPSA) is 20.6 Å². The van der Waals surface area contributed by atoms with E-state index in [1.165, 1.54) is 16.5 Å². The zero-order valence-corrected chi connectivity index (χ0v) is 14.4. The average molecular weight is 309 g/mol. The van der Waals surface area contributed by atoms with E-state index in [0.29, 0.717) is 0 Å². The van der Waals surface area contributed by atoms with Crippen molar-refractivity contribution in [3.05, 3.63) is 48.8 Å². The lowest BCUT2D eigenvalue weighted by molar-refractivity contribution is 0.415. The molecule has 0 aliphatic carbocycles. The standard InChI is InChI=1S/C19H23N3O/c1-20(2)16-7-6-14-12-22(13-15(14)10-16)17-8-9-18(21(3)4)19(11-17)23-5/h6-13H,1-5H3. The van der Waals surface area contributed by atoms with Crippen molar-refractivity contribution in [2.45, 2.75) is 0 Å². The fraction of sp³-hybridized carbons (Fsp3) is 0.263. The number of hydrogen-bond acceptors (Lipinski definition) is 3. The number of anilines is 2. The van der Waals surface area contributed by atoms with Crippen LogP contribution in [0, 0.1) is 0 Å². The fourth-order valence-corrected chi connectivity index (χ4v) is 2.75. The normalized spacial score (nSPS) is 10.8. The molecule has 0 fully saturated rings. The molecule has 120 valence electrons. The first-order chi connectivity index (χ1) is 11.0. The van der Waals surface area contributed by atoms with Gasteiger partial charge < -0.3 is 19.1 Å². The second kappa shape index (κ2) is 5.88. The molecule has 0 spiro atoms. The second-order valence-electron chi connectivity index (χ2n) is 6.12. The Labute approximate surface area is 137 Å². The molecule has 1 aromatic heterocycles. The van der Waals surface area contributed by atoms with E-state index in [1.54, 1.807) is 7.11 Å². The summed E-state index contributed by atoms with van der Waals surface area (Å²) in [7, 11) is 9.86.